The summed E-state index contributed by atoms with van der Waals surface area (Å²) in [6.07, 6.45) is 2.73. The second kappa shape index (κ2) is 9.55. The van der Waals surface area contributed by atoms with Crippen molar-refractivity contribution in [3.8, 4) is 0 Å². The molecule has 146 valence electrons. The maximum absolute atomic E-state index is 12.3. The fourth-order valence-electron chi connectivity index (χ4n) is 3.06. The van der Waals surface area contributed by atoms with Crippen LogP contribution in [-0.2, 0) is 14.8 Å². The van der Waals surface area contributed by atoms with E-state index in [9.17, 15) is 13.2 Å². The van der Waals surface area contributed by atoms with Crippen LogP contribution in [0.2, 0.25) is 0 Å². The monoisotopic (exact) mass is 388 g/mol. The molecule has 1 amide bonds. The number of hydrogen-bond donors (Lipinski definition) is 1. The van der Waals surface area contributed by atoms with Gasteiger partial charge in [-0.05, 0) is 37.0 Å². The van der Waals surface area contributed by atoms with Gasteiger partial charge in [0, 0.05) is 13.0 Å². The molecule has 0 aliphatic rings. The third-order valence-corrected chi connectivity index (χ3v) is 5.67. The topological polar surface area (TPSA) is 66.5 Å². The predicted molar refractivity (Wildman–Crippen MR) is 110 cm³/mol. The summed E-state index contributed by atoms with van der Waals surface area (Å²) in [4.78, 5) is 12.3. The summed E-state index contributed by atoms with van der Waals surface area (Å²) in [5, 5.41) is 3.04. The van der Waals surface area contributed by atoms with Crippen molar-refractivity contribution in [2.45, 2.75) is 39.2 Å². The Bertz CT molecular complexity index is 851. The molecule has 0 saturated carbocycles. The molecule has 0 heterocycles. The average molecular weight is 389 g/mol. The first-order valence-corrected chi connectivity index (χ1v) is 11.1. The summed E-state index contributed by atoms with van der Waals surface area (Å²) < 4.78 is 25.8. The number of aryl methyl sites for hydroxylation is 1. The minimum Gasteiger partial charge on any atom is -0.349 e. The van der Waals surface area contributed by atoms with Gasteiger partial charge in [-0.2, -0.15) is 0 Å². The van der Waals surface area contributed by atoms with Crippen LogP contribution in [0, 0.1) is 6.92 Å². The van der Waals surface area contributed by atoms with Crippen LogP contribution < -0.4 is 9.62 Å². The predicted octanol–water partition coefficient (Wildman–Crippen LogP) is 3.81. The molecule has 0 aliphatic heterocycles. The fourth-order valence-corrected chi connectivity index (χ4v) is 4.09. The number of rotatable bonds is 9. The van der Waals surface area contributed by atoms with E-state index in [1.54, 1.807) is 6.07 Å². The summed E-state index contributed by atoms with van der Waals surface area (Å²) in [5.41, 5.74) is 2.63. The minimum absolute atomic E-state index is 0.0268. The van der Waals surface area contributed by atoms with Gasteiger partial charge in [-0.1, -0.05) is 55.5 Å². The molecule has 1 N–H and O–H groups in total. The molecule has 0 spiro atoms. The van der Waals surface area contributed by atoms with Crippen molar-refractivity contribution in [2.24, 2.45) is 0 Å². The van der Waals surface area contributed by atoms with Gasteiger partial charge in [0.05, 0.1) is 18.0 Å². The van der Waals surface area contributed by atoms with E-state index in [-0.39, 0.29) is 24.9 Å². The Balaban J connectivity index is 1.96. The van der Waals surface area contributed by atoms with Gasteiger partial charge in [-0.3, -0.25) is 9.10 Å². The van der Waals surface area contributed by atoms with E-state index in [1.807, 2.05) is 62.4 Å². The molecule has 2 aromatic carbocycles. The average Bonchev–Trinajstić information content (AvgIpc) is 2.64. The lowest BCUT2D eigenvalue weighted by Crippen LogP contribution is -2.33. The number of nitrogens with one attached hydrogen (secondary N) is 1. The zero-order chi connectivity index (χ0) is 19.9. The number of para-hydroxylation sites is 1. The normalized spacial score (nSPS) is 12.4. The van der Waals surface area contributed by atoms with Crippen molar-refractivity contribution in [3.63, 3.8) is 0 Å². The first kappa shape index (κ1) is 21.0. The Morgan fingerprint density at radius 1 is 1.07 bits per heavy atom. The number of anilines is 1. The van der Waals surface area contributed by atoms with Gasteiger partial charge in [-0.15, -0.1) is 0 Å². The van der Waals surface area contributed by atoms with Crippen LogP contribution >= 0.6 is 0 Å². The molecular formula is C21H28N2O3S. The van der Waals surface area contributed by atoms with Crippen molar-refractivity contribution in [1.29, 1.82) is 0 Å². The molecule has 2 rings (SSSR count). The minimum atomic E-state index is -3.41. The fraction of sp³-hybridized carbons (Fsp3) is 0.381. The first-order chi connectivity index (χ1) is 12.8. The molecule has 0 unspecified atom stereocenters. The van der Waals surface area contributed by atoms with Crippen LogP contribution in [0.1, 0.15) is 43.4 Å². The quantitative estimate of drug-likeness (QED) is 0.710. The second-order valence-electron chi connectivity index (χ2n) is 6.66. The van der Waals surface area contributed by atoms with E-state index >= 15 is 0 Å². The number of amides is 1. The third-order valence-electron chi connectivity index (χ3n) is 4.49. The van der Waals surface area contributed by atoms with Crippen LogP contribution in [0.4, 0.5) is 5.69 Å². The van der Waals surface area contributed by atoms with Crippen LogP contribution in [0.3, 0.4) is 0 Å². The van der Waals surface area contributed by atoms with E-state index in [0.29, 0.717) is 12.1 Å². The molecule has 6 heteroatoms. The van der Waals surface area contributed by atoms with Crippen molar-refractivity contribution >= 4 is 21.6 Å². The molecule has 0 aliphatic carbocycles. The molecule has 5 nitrogen and oxygen atoms in total. The highest BCUT2D eigenvalue weighted by Crippen LogP contribution is 2.22. The SMILES string of the molecule is CC[C@@H](NC(=O)CCCN(c1ccccc1C)S(C)(=O)=O)c1ccccc1. The smallest absolute Gasteiger partial charge is 0.232 e. The highest BCUT2D eigenvalue weighted by molar-refractivity contribution is 7.92. The molecule has 2 aromatic rings. The number of carbonyl (C=O) groups excluding carboxylic acids is 1. The second-order valence-corrected chi connectivity index (χ2v) is 8.57. The van der Waals surface area contributed by atoms with E-state index < -0.39 is 10.0 Å². The standard InChI is InChI=1S/C21H28N2O3S/c1-4-19(18-12-6-5-7-13-18)22-21(24)15-10-16-23(27(3,25)26)20-14-9-8-11-17(20)2/h5-9,11-14,19H,4,10,15-16H2,1-3H3,(H,22,24)/t19-/m1/s1. The van der Waals surface area contributed by atoms with Crippen LogP contribution in [-0.4, -0.2) is 27.1 Å². The third kappa shape index (κ3) is 6.10. The Kier molecular flexibility index (Phi) is 7.42. The molecule has 0 radical (unpaired) electrons. The summed E-state index contributed by atoms with van der Waals surface area (Å²) >= 11 is 0. The maximum atomic E-state index is 12.3. The largest absolute Gasteiger partial charge is 0.349 e. The lowest BCUT2D eigenvalue weighted by Gasteiger charge is -2.24. The zero-order valence-electron chi connectivity index (χ0n) is 16.2. The van der Waals surface area contributed by atoms with E-state index in [4.69, 9.17) is 0 Å². The van der Waals surface area contributed by atoms with Gasteiger partial charge in [0.1, 0.15) is 0 Å². The lowest BCUT2D eigenvalue weighted by molar-refractivity contribution is -0.121. The van der Waals surface area contributed by atoms with Gasteiger partial charge >= 0.3 is 0 Å². The van der Waals surface area contributed by atoms with Crippen LogP contribution in [0.25, 0.3) is 0 Å². The number of nitrogens with zero attached hydrogens (tertiary/aromatic N) is 1. The van der Waals surface area contributed by atoms with Crippen molar-refractivity contribution in [1.82, 2.24) is 5.32 Å². The van der Waals surface area contributed by atoms with E-state index in [2.05, 4.69) is 5.32 Å². The zero-order valence-corrected chi connectivity index (χ0v) is 17.0. The van der Waals surface area contributed by atoms with E-state index in [0.717, 1.165) is 17.5 Å². The van der Waals surface area contributed by atoms with Gasteiger partial charge < -0.3 is 5.32 Å². The number of hydrogen-bond acceptors (Lipinski definition) is 3. The molecule has 0 bridgehead atoms. The molecule has 0 saturated heterocycles. The Morgan fingerprint density at radius 3 is 2.30 bits per heavy atom. The number of carbonyl (C=O) groups is 1. The lowest BCUT2D eigenvalue weighted by atomic mass is 10.0. The highest BCUT2D eigenvalue weighted by atomic mass is 32.2. The van der Waals surface area contributed by atoms with Gasteiger partial charge in [0.15, 0.2) is 0 Å². The number of benzene rings is 2. The van der Waals surface area contributed by atoms with Crippen molar-refractivity contribution in [2.75, 3.05) is 17.1 Å². The summed E-state index contributed by atoms with van der Waals surface area (Å²) in [5.74, 6) is -0.0658. The van der Waals surface area contributed by atoms with Crippen molar-refractivity contribution < 1.29 is 13.2 Å². The van der Waals surface area contributed by atoms with Crippen LogP contribution in [0.15, 0.2) is 54.6 Å². The Labute approximate surface area is 162 Å². The Morgan fingerprint density at radius 2 is 1.70 bits per heavy atom. The molecular weight excluding hydrogens is 360 g/mol. The van der Waals surface area contributed by atoms with Gasteiger partial charge in [0.2, 0.25) is 15.9 Å². The summed E-state index contributed by atoms with van der Waals surface area (Å²) in [6, 6.07) is 17.2. The summed E-state index contributed by atoms with van der Waals surface area (Å²) in [6.45, 7) is 4.19. The Hall–Kier alpha value is -2.34. The molecule has 1 atom stereocenters. The molecule has 0 fully saturated rings. The first-order valence-electron chi connectivity index (χ1n) is 9.20. The van der Waals surface area contributed by atoms with Gasteiger partial charge in [0.25, 0.3) is 0 Å². The van der Waals surface area contributed by atoms with Gasteiger partial charge in [-0.25, -0.2) is 8.42 Å². The molecule has 27 heavy (non-hydrogen) atoms. The molecule has 0 aromatic heterocycles. The van der Waals surface area contributed by atoms with E-state index in [1.165, 1.54) is 10.6 Å². The van der Waals surface area contributed by atoms with Crippen LogP contribution in [0.5, 0.6) is 0 Å². The maximum Gasteiger partial charge on any atom is 0.232 e. The van der Waals surface area contributed by atoms with Crippen molar-refractivity contribution in [3.05, 3.63) is 65.7 Å². The highest BCUT2D eigenvalue weighted by Gasteiger charge is 2.19. The summed E-state index contributed by atoms with van der Waals surface area (Å²) in [7, 11) is -3.41. The number of sulfonamides is 1.